The molecule has 0 spiro atoms. The zero-order valence-corrected chi connectivity index (χ0v) is 17.5. The molecule has 7 nitrogen and oxygen atoms in total. The van der Waals surface area contributed by atoms with Crippen molar-refractivity contribution in [2.24, 2.45) is 0 Å². The Kier molecular flexibility index (Phi) is 6.81. The molecule has 0 saturated carbocycles. The Labute approximate surface area is 185 Å². The first-order chi connectivity index (χ1) is 14.3. The van der Waals surface area contributed by atoms with E-state index in [9.17, 15) is 19.2 Å². The van der Waals surface area contributed by atoms with E-state index in [1.54, 1.807) is 42.5 Å². The normalized spacial score (nSPS) is 16.3. The van der Waals surface area contributed by atoms with Gasteiger partial charge in [-0.05, 0) is 30.3 Å². The van der Waals surface area contributed by atoms with Crippen LogP contribution in [0.3, 0.4) is 0 Å². The monoisotopic (exact) mass is 464 g/mol. The van der Waals surface area contributed by atoms with Crippen LogP contribution in [-0.2, 0) is 19.2 Å². The van der Waals surface area contributed by atoms with Gasteiger partial charge < -0.3 is 10.4 Å². The van der Waals surface area contributed by atoms with Gasteiger partial charge in [-0.1, -0.05) is 35.3 Å². The van der Waals surface area contributed by atoms with Gasteiger partial charge in [0.2, 0.25) is 17.7 Å². The van der Waals surface area contributed by atoms with Crippen molar-refractivity contribution in [1.29, 1.82) is 0 Å². The molecule has 1 unspecified atom stereocenters. The molecule has 0 aliphatic carbocycles. The summed E-state index contributed by atoms with van der Waals surface area (Å²) in [7, 11) is 0. The molecule has 0 aromatic heterocycles. The van der Waals surface area contributed by atoms with Gasteiger partial charge >= 0.3 is 5.97 Å². The number of carboxylic acids is 1. The second kappa shape index (κ2) is 9.34. The summed E-state index contributed by atoms with van der Waals surface area (Å²) in [6.07, 6.45) is 1.62. The number of benzene rings is 2. The summed E-state index contributed by atoms with van der Waals surface area (Å²) in [6.45, 7) is 0. The van der Waals surface area contributed by atoms with Crippen LogP contribution in [0.4, 0.5) is 11.4 Å². The van der Waals surface area contributed by atoms with Crippen molar-refractivity contribution in [3.63, 3.8) is 0 Å². The van der Waals surface area contributed by atoms with Crippen LogP contribution in [0.15, 0.2) is 59.5 Å². The van der Waals surface area contributed by atoms with Crippen molar-refractivity contribution < 1.29 is 24.3 Å². The second-order valence-electron chi connectivity index (χ2n) is 6.14. The molecular weight excluding hydrogens is 451 g/mol. The van der Waals surface area contributed by atoms with E-state index in [1.807, 2.05) is 0 Å². The summed E-state index contributed by atoms with van der Waals surface area (Å²) in [5.74, 6) is -2.63. The third kappa shape index (κ3) is 5.02. The van der Waals surface area contributed by atoms with Gasteiger partial charge in [0, 0.05) is 29.2 Å². The number of carbonyl (C=O) groups excluding carboxylic acids is 3. The lowest BCUT2D eigenvalue weighted by atomic mass is 10.3. The number of halogens is 2. The Morgan fingerprint density at radius 1 is 1.13 bits per heavy atom. The molecule has 1 fully saturated rings. The third-order valence-electron chi connectivity index (χ3n) is 4.03. The first-order valence-electron chi connectivity index (χ1n) is 8.56. The number of hydrogen-bond donors (Lipinski definition) is 2. The van der Waals surface area contributed by atoms with E-state index in [1.165, 1.54) is 11.8 Å². The number of amides is 3. The molecule has 0 bridgehead atoms. The first kappa shape index (κ1) is 21.9. The van der Waals surface area contributed by atoms with Crippen LogP contribution in [0.2, 0.25) is 10.0 Å². The summed E-state index contributed by atoms with van der Waals surface area (Å²) in [6, 6.07) is 11.4. The Morgan fingerprint density at radius 3 is 2.60 bits per heavy atom. The highest BCUT2D eigenvalue weighted by molar-refractivity contribution is 8.00. The van der Waals surface area contributed by atoms with Crippen LogP contribution < -0.4 is 10.2 Å². The molecule has 1 heterocycles. The highest BCUT2D eigenvalue weighted by Crippen LogP contribution is 2.39. The SMILES string of the molecule is O=C(O)/C=C/C(=O)Nc1cccc(SC2CC(=O)N(c3cccc(Cl)c3Cl)C2=O)c1. The van der Waals surface area contributed by atoms with E-state index in [-0.39, 0.29) is 28.1 Å². The van der Waals surface area contributed by atoms with E-state index in [4.69, 9.17) is 28.3 Å². The van der Waals surface area contributed by atoms with Crippen LogP contribution in [0.5, 0.6) is 0 Å². The van der Waals surface area contributed by atoms with Gasteiger partial charge in [0.1, 0.15) is 0 Å². The van der Waals surface area contributed by atoms with Crippen molar-refractivity contribution in [3.05, 3.63) is 64.7 Å². The molecule has 154 valence electrons. The lowest BCUT2D eigenvalue weighted by Gasteiger charge is -2.17. The highest BCUT2D eigenvalue weighted by atomic mass is 35.5. The Balaban J connectivity index is 1.73. The highest BCUT2D eigenvalue weighted by Gasteiger charge is 2.41. The fourth-order valence-corrected chi connectivity index (χ4v) is 4.25. The van der Waals surface area contributed by atoms with Crippen molar-refractivity contribution in [3.8, 4) is 0 Å². The molecule has 1 atom stereocenters. The van der Waals surface area contributed by atoms with Gasteiger partial charge in [-0.25, -0.2) is 9.69 Å². The summed E-state index contributed by atoms with van der Waals surface area (Å²) in [4.78, 5) is 49.2. The van der Waals surface area contributed by atoms with Gasteiger partial charge in [-0.15, -0.1) is 11.8 Å². The minimum atomic E-state index is -1.23. The Bertz CT molecular complexity index is 1070. The minimum absolute atomic E-state index is 0.00964. The van der Waals surface area contributed by atoms with Crippen LogP contribution >= 0.6 is 35.0 Å². The number of nitrogens with zero attached hydrogens (tertiary/aromatic N) is 1. The molecule has 2 aromatic rings. The summed E-state index contributed by atoms with van der Waals surface area (Å²) in [5, 5.41) is 10.8. The number of carbonyl (C=O) groups is 4. The molecule has 3 rings (SSSR count). The van der Waals surface area contributed by atoms with Crippen molar-refractivity contribution in [2.45, 2.75) is 16.6 Å². The largest absolute Gasteiger partial charge is 0.478 e. The fourth-order valence-electron chi connectivity index (χ4n) is 2.76. The van der Waals surface area contributed by atoms with Crippen LogP contribution in [-0.4, -0.2) is 34.0 Å². The maximum Gasteiger partial charge on any atom is 0.328 e. The van der Waals surface area contributed by atoms with Crippen LogP contribution in [0, 0.1) is 0 Å². The Hall–Kier alpha value is -2.81. The standard InChI is InChI=1S/C20H14Cl2N2O5S/c21-13-5-2-6-14(19(13)22)24-17(26)10-15(20(24)29)30-12-4-1-3-11(9-12)23-16(25)7-8-18(27)28/h1-9,15H,10H2,(H,23,25)(H,27,28)/b8-7+. The van der Waals surface area contributed by atoms with E-state index in [0.29, 0.717) is 10.6 Å². The number of imide groups is 1. The molecule has 1 saturated heterocycles. The Morgan fingerprint density at radius 2 is 1.87 bits per heavy atom. The van der Waals surface area contributed by atoms with E-state index in [2.05, 4.69) is 5.32 Å². The van der Waals surface area contributed by atoms with Gasteiger partial charge in [0.05, 0.1) is 21.0 Å². The zero-order chi connectivity index (χ0) is 21.8. The topological polar surface area (TPSA) is 104 Å². The molecule has 2 N–H and O–H groups in total. The molecule has 1 aliphatic rings. The maximum atomic E-state index is 12.8. The predicted octanol–water partition coefficient (Wildman–Crippen LogP) is 4.00. The average molecular weight is 465 g/mol. The van der Waals surface area contributed by atoms with Gasteiger partial charge in [-0.2, -0.15) is 0 Å². The first-order valence-corrected chi connectivity index (χ1v) is 10.2. The van der Waals surface area contributed by atoms with E-state index < -0.39 is 23.0 Å². The molecular formula is C20H14Cl2N2O5S. The number of rotatable bonds is 6. The van der Waals surface area contributed by atoms with E-state index >= 15 is 0 Å². The number of hydrogen-bond acceptors (Lipinski definition) is 5. The lowest BCUT2D eigenvalue weighted by molar-refractivity contribution is -0.131. The van der Waals surface area contributed by atoms with Gasteiger partial charge in [0.15, 0.2) is 0 Å². The summed E-state index contributed by atoms with van der Waals surface area (Å²) in [5.41, 5.74) is 0.667. The smallest absolute Gasteiger partial charge is 0.328 e. The van der Waals surface area contributed by atoms with Crippen LogP contribution in [0.25, 0.3) is 0 Å². The molecule has 30 heavy (non-hydrogen) atoms. The molecule has 3 amide bonds. The zero-order valence-electron chi connectivity index (χ0n) is 15.2. The molecule has 1 aliphatic heterocycles. The number of carboxylic acid groups (broad SMARTS) is 1. The number of thioether (sulfide) groups is 1. The number of aliphatic carboxylic acids is 1. The quantitative estimate of drug-likeness (QED) is 0.494. The summed E-state index contributed by atoms with van der Waals surface area (Å²) >= 11 is 13.3. The van der Waals surface area contributed by atoms with Crippen molar-refractivity contribution in [2.75, 3.05) is 10.2 Å². The number of nitrogens with one attached hydrogen (secondary N) is 1. The second-order valence-corrected chi connectivity index (χ2v) is 8.20. The van der Waals surface area contributed by atoms with Crippen LogP contribution in [0.1, 0.15) is 6.42 Å². The van der Waals surface area contributed by atoms with Crippen molar-refractivity contribution >= 4 is 70.0 Å². The number of anilines is 2. The third-order valence-corrected chi connectivity index (χ3v) is 6.02. The maximum absolute atomic E-state index is 12.8. The summed E-state index contributed by atoms with van der Waals surface area (Å²) < 4.78 is 0. The lowest BCUT2D eigenvalue weighted by Crippen LogP contribution is -2.31. The molecule has 0 radical (unpaired) electrons. The molecule has 10 heteroatoms. The van der Waals surface area contributed by atoms with E-state index in [0.717, 1.165) is 17.1 Å². The van der Waals surface area contributed by atoms with Gasteiger partial charge in [-0.3, -0.25) is 14.4 Å². The minimum Gasteiger partial charge on any atom is -0.478 e. The molecule has 2 aromatic carbocycles. The predicted molar refractivity (Wildman–Crippen MR) is 115 cm³/mol. The fraction of sp³-hybridized carbons (Fsp3) is 0.100. The van der Waals surface area contributed by atoms with Gasteiger partial charge in [0.25, 0.3) is 0 Å². The average Bonchev–Trinajstić information content (AvgIpc) is 2.96. The van der Waals surface area contributed by atoms with Crippen molar-refractivity contribution in [1.82, 2.24) is 0 Å².